The van der Waals surface area contributed by atoms with E-state index in [2.05, 4.69) is 5.32 Å². The molecule has 10 heteroatoms. The molecule has 1 aromatic rings. The van der Waals surface area contributed by atoms with E-state index in [0.717, 1.165) is 5.56 Å². The van der Waals surface area contributed by atoms with E-state index in [1.807, 2.05) is 22.8 Å². The Hall–Kier alpha value is -2.03. The van der Waals surface area contributed by atoms with E-state index in [-0.39, 0.29) is 36.1 Å². The molecule has 0 unspecified atom stereocenters. The van der Waals surface area contributed by atoms with E-state index >= 15 is 0 Å². The number of carbonyl (C=O) groups excluding carboxylic acids is 2. The number of ether oxygens (including phenoxy) is 1. The van der Waals surface area contributed by atoms with Gasteiger partial charge in [0.05, 0.1) is 28.7 Å². The van der Waals surface area contributed by atoms with Crippen molar-refractivity contribution in [1.29, 1.82) is 0 Å². The monoisotopic (exact) mass is 497 g/mol. The third kappa shape index (κ3) is 5.08. The second-order valence-corrected chi connectivity index (χ2v) is 10.4. The fourth-order valence-corrected chi connectivity index (χ4v) is 5.40. The number of carboxylic acid groups (broad SMARTS) is 1. The van der Waals surface area contributed by atoms with Crippen molar-refractivity contribution in [2.24, 2.45) is 17.3 Å². The molecule has 1 aromatic carbocycles. The van der Waals surface area contributed by atoms with Gasteiger partial charge in [-0.05, 0) is 37.5 Å². The Morgan fingerprint density at radius 3 is 2.39 bits per heavy atom. The number of halogens is 2. The molecule has 3 aliphatic rings. The molecule has 0 bridgehead atoms. The first-order chi connectivity index (χ1) is 15.7. The van der Waals surface area contributed by atoms with Gasteiger partial charge in [-0.2, -0.15) is 0 Å². The third-order valence-electron chi connectivity index (χ3n) is 7.13. The SMILES string of the molecule is CC1(C(=O)N2CCC(C(=O)N3C[C@H](CNC(=O)O)[C@H](c4ccc(Cl)c(Cl)c4)C3)CC2)COC1. The van der Waals surface area contributed by atoms with Crippen LogP contribution >= 0.6 is 23.2 Å². The minimum absolute atomic E-state index is 0.0456. The summed E-state index contributed by atoms with van der Waals surface area (Å²) < 4.78 is 5.22. The van der Waals surface area contributed by atoms with Crippen LogP contribution in [0.25, 0.3) is 0 Å². The Morgan fingerprint density at radius 1 is 1.12 bits per heavy atom. The standard InChI is InChI=1S/C23H29Cl2N3O5/c1-23(12-33-13-23)21(30)27-6-4-14(5-7-27)20(29)28-10-16(9-26-22(31)32)17(11-28)15-2-3-18(24)19(25)8-15/h2-3,8,14,16-17,26H,4-7,9-13H2,1H3,(H,31,32)/t16-,17-/m0/s1. The molecule has 3 saturated heterocycles. The van der Waals surface area contributed by atoms with E-state index < -0.39 is 11.5 Å². The predicted octanol–water partition coefficient (Wildman–Crippen LogP) is 3.08. The number of rotatable bonds is 5. The van der Waals surface area contributed by atoms with Gasteiger partial charge in [-0.1, -0.05) is 29.3 Å². The van der Waals surface area contributed by atoms with Crippen molar-refractivity contribution < 1.29 is 24.2 Å². The van der Waals surface area contributed by atoms with Gasteiger partial charge in [0.1, 0.15) is 0 Å². The maximum atomic E-state index is 13.3. The van der Waals surface area contributed by atoms with Crippen molar-refractivity contribution in [3.63, 3.8) is 0 Å². The van der Waals surface area contributed by atoms with E-state index in [1.54, 1.807) is 12.1 Å². The van der Waals surface area contributed by atoms with Crippen LogP contribution in [0.4, 0.5) is 4.79 Å². The van der Waals surface area contributed by atoms with E-state index in [0.29, 0.717) is 62.3 Å². The molecule has 33 heavy (non-hydrogen) atoms. The lowest BCUT2D eigenvalue weighted by atomic mass is 9.85. The molecular formula is C23H29Cl2N3O5. The second kappa shape index (κ2) is 9.68. The maximum absolute atomic E-state index is 13.3. The lowest BCUT2D eigenvalue weighted by molar-refractivity contribution is -0.170. The highest BCUT2D eigenvalue weighted by molar-refractivity contribution is 6.42. The summed E-state index contributed by atoms with van der Waals surface area (Å²) in [6.45, 7) is 5.20. The number of piperidine rings is 1. The predicted molar refractivity (Wildman–Crippen MR) is 124 cm³/mol. The molecule has 0 spiro atoms. The van der Waals surface area contributed by atoms with Crippen molar-refractivity contribution in [3.05, 3.63) is 33.8 Å². The molecule has 3 amide bonds. The summed E-state index contributed by atoms with van der Waals surface area (Å²) >= 11 is 12.3. The second-order valence-electron chi connectivity index (χ2n) is 9.59. The number of benzene rings is 1. The van der Waals surface area contributed by atoms with Gasteiger partial charge in [0.2, 0.25) is 11.8 Å². The molecule has 0 saturated carbocycles. The summed E-state index contributed by atoms with van der Waals surface area (Å²) in [7, 11) is 0. The van der Waals surface area contributed by atoms with Crippen LogP contribution in [0.15, 0.2) is 18.2 Å². The minimum atomic E-state index is -1.09. The third-order valence-corrected chi connectivity index (χ3v) is 7.87. The van der Waals surface area contributed by atoms with Crippen molar-refractivity contribution in [2.75, 3.05) is 45.9 Å². The first kappa shape index (κ1) is 24.1. The highest BCUT2D eigenvalue weighted by Crippen LogP contribution is 2.37. The Bertz CT molecular complexity index is 931. The molecule has 3 heterocycles. The summed E-state index contributed by atoms with van der Waals surface area (Å²) in [5.74, 6) is -0.0676. The molecule has 8 nitrogen and oxygen atoms in total. The molecule has 0 aliphatic carbocycles. The fourth-order valence-electron chi connectivity index (χ4n) is 5.10. The quantitative estimate of drug-likeness (QED) is 0.650. The lowest BCUT2D eigenvalue weighted by Gasteiger charge is -2.42. The number of carbonyl (C=O) groups is 3. The topological polar surface area (TPSA) is 99.2 Å². The molecule has 180 valence electrons. The number of likely N-dealkylation sites (tertiary alicyclic amines) is 2. The average Bonchev–Trinajstić information content (AvgIpc) is 3.21. The zero-order valence-electron chi connectivity index (χ0n) is 18.6. The lowest BCUT2D eigenvalue weighted by Crippen LogP contribution is -2.55. The van der Waals surface area contributed by atoms with Gasteiger partial charge in [-0.25, -0.2) is 4.79 Å². The molecule has 3 aliphatic heterocycles. The smallest absolute Gasteiger partial charge is 0.404 e. The van der Waals surface area contributed by atoms with Crippen LogP contribution in [-0.2, 0) is 14.3 Å². The highest BCUT2D eigenvalue weighted by atomic mass is 35.5. The molecule has 3 fully saturated rings. The summed E-state index contributed by atoms with van der Waals surface area (Å²) in [4.78, 5) is 40.8. The van der Waals surface area contributed by atoms with Gasteiger partial charge in [-0.15, -0.1) is 0 Å². The van der Waals surface area contributed by atoms with Gasteiger partial charge < -0.3 is 25.0 Å². The Labute approximate surface area is 203 Å². The highest BCUT2D eigenvalue weighted by Gasteiger charge is 2.45. The summed E-state index contributed by atoms with van der Waals surface area (Å²) in [6, 6.07) is 5.41. The summed E-state index contributed by atoms with van der Waals surface area (Å²) in [5.41, 5.74) is 0.511. The zero-order chi connectivity index (χ0) is 23.8. The Morgan fingerprint density at radius 2 is 1.82 bits per heavy atom. The van der Waals surface area contributed by atoms with Gasteiger partial charge in [0.25, 0.3) is 0 Å². The van der Waals surface area contributed by atoms with Gasteiger partial charge in [0, 0.05) is 50.5 Å². The molecule has 2 atom stereocenters. The fraction of sp³-hybridized carbons (Fsp3) is 0.609. The largest absolute Gasteiger partial charge is 0.465 e. The summed E-state index contributed by atoms with van der Waals surface area (Å²) in [6.07, 6.45) is 0.177. The number of amides is 3. The van der Waals surface area contributed by atoms with Gasteiger partial charge >= 0.3 is 6.09 Å². The van der Waals surface area contributed by atoms with Crippen molar-refractivity contribution in [1.82, 2.24) is 15.1 Å². The van der Waals surface area contributed by atoms with E-state index in [9.17, 15) is 14.4 Å². The van der Waals surface area contributed by atoms with Gasteiger partial charge in [-0.3, -0.25) is 9.59 Å². The molecule has 0 aromatic heterocycles. The van der Waals surface area contributed by atoms with Crippen LogP contribution < -0.4 is 5.32 Å². The van der Waals surface area contributed by atoms with E-state index in [4.69, 9.17) is 33.0 Å². The number of hydrogen-bond donors (Lipinski definition) is 2. The van der Waals surface area contributed by atoms with Crippen LogP contribution in [0.3, 0.4) is 0 Å². The van der Waals surface area contributed by atoms with Crippen LogP contribution in [0.1, 0.15) is 31.2 Å². The molecular weight excluding hydrogens is 469 g/mol. The van der Waals surface area contributed by atoms with Crippen molar-refractivity contribution in [2.45, 2.75) is 25.7 Å². The van der Waals surface area contributed by atoms with E-state index in [1.165, 1.54) is 0 Å². The number of nitrogens with zero attached hydrogens (tertiary/aromatic N) is 2. The van der Waals surface area contributed by atoms with Crippen molar-refractivity contribution >= 4 is 41.1 Å². The minimum Gasteiger partial charge on any atom is -0.465 e. The Kier molecular flexibility index (Phi) is 7.07. The Balaban J connectivity index is 1.40. The molecule has 4 rings (SSSR count). The van der Waals surface area contributed by atoms with Crippen LogP contribution in [-0.4, -0.2) is 78.8 Å². The van der Waals surface area contributed by atoms with Crippen LogP contribution in [0.5, 0.6) is 0 Å². The zero-order valence-corrected chi connectivity index (χ0v) is 20.1. The van der Waals surface area contributed by atoms with Crippen LogP contribution in [0.2, 0.25) is 10.0 Å². The van der Waals surface area contributed by atoms with Gasteiger partial charge in [0.15, 0.2) is 0 Å². The first-order valence-corrected chi connectivity index (χ1v) is 12.0. The average molecular weight is 498 g/mol. The maximum Gasteiger partial charge on any atom is 0.404 e. The number of hydrogen-bond acceptors (Lipinski definition) is 4. The van der Waals surface area contributed by atoms with Crippen molar-refractivity contribution in [3.8, 4) is 0 Å². The van der Waals surface area contributed by atoms with Crippen LogP contribution in [0, 0.1) is 17.3 Å². The first-order valence-electron chi connectivity index (χ1n) is 11.3. The number of nitrogens with one attached hydrogen (secondary N) is 1. The summed E-state index contributed by atoms with van der Waals surface area (Å²) in [5, 5.41) is 12.4. The molecule has 0 radical (unpaired) electrons. The normalized spacial score (nSPS) is 24.9. The molecule has 2 N–H and O–H groups in total.